The Morgan fingerprint density at radius 3 is 2.35 bits per heavy atom. The van der Waals surface area contributed by atoms with E-state index in [1.165, 1.54) is 11.6 Å². The van der Waals surface area contributed by atoms with Gasteiger partial charge in [-0.15, -0.1) is 0 Å². The Labute approximate surface area is 301 Å². The fraction of sp³-hybridized carbons (Fsp3) is 0.381. The lowest BCUT2D eigenvalue weighted by atomic mass is 9.94. The molecule has 0 fully saturated rings. The maximum Gasteiger partial charge on any atom is 0.256 e. The first kappa shape index (κ1) is 37.5. The zero-order valence-corrected chi connectivity index (χ0v) is 30.1. The Hall–Kier alpha value is -4.73. The van der Waals surface area contributed by atoms with Gasteiger partial charge in [-0.25, -0.2) is 4.39 Å². The average molecular weight is 696 g/mol. The minimum atomic E-state index is -1.12. The molecule has 1 aliphatic heterocycles. The SMILES string of the molecule is COc1c(OCCCNCCCc2ccccc2)cccc1[C@@H]1O[C@@H](CC(=O)NCc2ccccc2F)C(=O)N(CC(C)(C)C)c2ccccc21. The normalized spacial score (nSPS) is 15.9. The molecule has 0 unspecified atom stereocenters. The lowest BCUT2D eigenvalue weighted by Gasteiger charge is -2.31. The molecule has 51 heavy (non-hydrogen) atoms. The summed E-state index contributed by atoms with van der Waals surface area (Å²) in [5.74, 6) is -0.0666. The third-order valence-electron chi connectivity index (χ3n) is 8.70. The minimum absolute atomic E-state index is 0.00179. The zero-order chi connectivity index (χ0) is 36.2. The highest BCUT2D eigenvalue weighted by atomic mass is 19.1. The third-order valence-corrected chi connectivity index (χ3v) is 8.70. The monoisotopic (exact) mass is 695 g/mol. The zero-order valence-electron chi connectivity index (χ0n) is 30.1. The molecule has 2 amide bonds. The van der Waals surface area contributed by atoms with Crippen molar-refractivity contribution in [3.05, 3.63) is 125 Å². The molecule has 0 aliphatic carbocycles. The van der Waals surface area contributed by atoms with E-state index in [1.807, 2.05) is 48.5 Å². The van der Waals surface area contributed by atoms with Crippen molar-refractivity contribution in [1.29, 1.82) is 0 Å². The Bertz CT molecular complexity index is 1740. The van der Waals surface area contributed by atoms with Crippen LogP contribution in [-0.2, 0) is 27.3 Å². The van der Waals surface area contributed by atoms with Crippen molar-refractivity contribution in [2.24, 2.45) is 5.41 Å². The molecule has 5 rings (SSSR count). The van der Waals surface area contributed by atoms with Crippen LogP contribution in [0.15, 0.2) is 97.1 Å². The van der Waals surface area contributed by atoms with Crippen LogP contribution in [-0.4, -0.2) is 51.3 Å². The molecule has 1 aliphatic rings. The van der Waals surface area contributed by atoms with Crippen molar-refractivity contribution in [3.63, 3.8) is 0 Å². The number of rotatable bonds is 16. The summed E-state index contributed by atoms with van der Waals surface area (Å²) in [5.41, 5.74) is 3.63. The summed E-state index contributed by atoms with van der Waals surface area (Å²) in [4.78, 5) is 29.3. The number of aryl methyl sites for hydroxylation is 1. The van der Waals surface area contributed by atoms with Gasteiger partial charge >= 0.3 is 0 Å². The van der Waals surface area contributed by atoms with Crippen LogP contribution >= 0.6 is 0 Å². The number of carbonyl (C=O) groups excluding carboxylic acids is 2. The number of halogens is 1. The molecule has 0 saturated heterocycles. The van der Waals surface area contributed by atoms with Crippen LogP contribution in [0.1, 0.15) is 68.4 Å². The second-order valence-corrected chi connectivity index (χ2v) is 14.0. The van der Waals surface area contributed by atoms with Crippen LogP contribution in [0.2, 0.25) is 0 Å². The number of nitrogens with zero attached hydrogens (tertiary/aromatic N) is 1. The summed E-state index contributed by atoms with van der Waals surface area (Å²) in [6.45, 7) is 8.83. The number of fused-ring (bicyclic) bond motifs is 1. The number of ether oxygens (including phenoxy) is 3. The molecule has 2 N–H and O–H groups in total. The Morgan fingerprint density at radius 1 is 0.882 bits per heavy atom. The fourth-order valence-corrected chi connectivity index (χ4v) is 6.27. The first-order valence-corrected chi connectivity index (χ1v) is 17.7. The molecule has 0 bridgehead atoms. The van der Waals surface area contributed by atoms with E-state index in [-0.39, 0.29) is 24.3 Å². The van der Waals surface area contributed by atoms with Gasteiger partial charge in [-0.2, -0.15) is 0 Å². The van der Waals surface area contributed by atoms with E-state index in [2.05, 4.69) is 55.7 Å². The number of benzene rings is 4. The number of carbonyl (C=O) groups is 2. The Morgan fingerprint density at radius 2 is 1.59 bits per heavy atom. The molecule has 270 valence electrons. The lowest BCUT2D eigenvalue weighted by Crippen LogP contribution is -2.45. The fourth-order valence-electron chi connectivity index (χ4n) is 6.27. The van der Waals surface area contributed by atoms with Gasteiger partial charge < -0.3 is 29.7 Å². The molecular formula is C42H50FN3O5. The van der Waals surface area contributed by atoms with Crippen molar-refractivity contribution < 1.29 is 28.2 Å². The summed E-state index contributed by atoms with van der Waals surface area (Å²) in [6, 6.07) is 30.1. The number of hydrogen-bond acceptors (Lipinski definition) is 6. The predicted molar refractivity (Wildman–Crippen MR) is 199 cm³/mol. The standard InChI is InChI=1S/C42H50FN3O5/c1-42(2,3)29-46-35-22-11-9-19-32(35)39(51-37(41(46)48)27-38(47)45-28-31-18-8-10-21-34(31)43)33-20-12-23-36(40(33)49-4)50-26-14-25-44-24-13-17-30-15-6-5-7-16-30/h5-12,15-16,18-23,37,39,44H,13-14,17,24-29H2,1-4H3,(H,45,47)/t37-,39+/m0/s1. The highest BCUT2D eigenvalue weighted by Crippen LogP contribution is 2.45. The van der Waals surface area contributed by atoms with Gasteiger partial charge in [0, 0.05) is 35.5 Å². The number of hydrogen-bond donors (Lipinski definition) is 2. The van der Waals surface area contributed by atoms with Gasteiger partial charge in [-0.05, 0) is 61.5 Å². The summed E-state index contributed by atoms with van der Waals surface area (Å²) in [5, 5.41) is 6.27. The van der Waals surface area contributed by atoms with E-state index in [0.717, 1.165) is 37.9 Å². The van der Waals surface area contributed by atoms with Crippen LogP contribution in [0.5, 0.6) is 11.5 Å². The number of amides is 2. The van der Waals surface area contributed by atoms with Crippen LogP contribution in [0.25, 0.3) is 0 Å². The number of methoxy groups -OCH3 is 1. The molecule has 0 aromatic heterocycles. The summed E-state index contributed by atoms with van der Waals surface area (Å²) in [6.07, 6.45) is 0.807. The molecule has 0 spiro atoms. The first-order chi connectivity index (χ1) is 24.6. The molecule has 0 saturated carbocycles. The van der Waals surface area contributed by atoms with E-state index in [1.54, 1.807) is 30.2 Å². The smallest absolute Gasteiger partial charge is 0.256 e. The number of nitrogens with one attached hydrogen (secondary N) is 2. The topological polar surface area (TPSA) is 89.1 Å². The van der Waals surface area contributed by atoms with Gasteiger partial charge in [0.15, 0.2) is 11.5 Å². The summed E-state index contributed by atoms with van der Waals surface area (Å²) in [7, 11) is 1.59. The quantitative estimate of drug-likeness (QED) is 0.119. The van der Waals surface area contributed by atoms with Gasteiger partial charge in [0.25, 0.3) is 5.91 Å². The van der Waals surface area contributed by atoms with Crippen LogP contribution < -0.4 is 25.0 Å². The maximum atomic E-state index is 14.3. The molecule has 9 heteroatoms. The van der Waals surface area contributed by atoms with Crippen LogP contribution in [0, 0.1) is 11.2 Å². The Balaban J connectivity index is 1.32. The third kappa shape index (κ3) is 10.4. The molecule has 0 radical (unpaired) electrons. The molecule has 1 heterocycles. The van der Waals surface area contributed by atoms with Crippen molar-refractivity contribution >= 4 is 17.5 Å². The second-order valence-electron chi connectivity index (χ2n) is 14.0. The van der Waals surface area contributed by atoms with Gasteiger partial charge in [-0.1, -0.05) is 99.6 Å². The van der Waals surface area contributed by atoms with Crippen LogP contribution in [0.3, 0.4) is 0 Å². The van der Waals surface area contributed by atoms with Gasteiger partial charge in [-0.3, -0.25) is 9.59 Å². The molecule has 2 atom stereocenters. The van der Waals surface area contributed by atoms with E-state index in [4.69, 9.17) is 14.2 Å². The van der Waals surface area contributed by atoms with Crippen molar-refractivity contribution in [2.75, 3.05) is 38.3 Å². The van der Waals surface area contributed by atoms with Gasteiger partial charge in [0.2, 0.25) is 5.91 Å². The first-order valence-electron chi connectivity index (χ1n) is 17.7. The van der Waals surface area contributed by atoms with E-state index in [9.17, 15) is 14.0 Å². The maximum absolute atomic E-state index is 14.3. The molecule has 8 nitrogen and oxygen atoms in total. The van der Waals surface area contributed by atoms with E-state index < -0.39 is 23.9 Å². The summed E-state index contributed by atoms with van der Waals surface area (Å²) < 4.78 is 33.1. The largest absolute Gasteiger partial charge is 0.492 e. The highest BCUT2D eigenvalue weighted by molar-refractivity contribution is 6.00. The highest BCUT2D eigenvalue weighted by Gasteiger charge is 2.40. The van der Waals surface area contributed by atoms with E-state index in [0.29, 0.717) is 41.5 Å². The summed E-state index contributed by atoms with van der Waals surface area (Å²) >= 11 is 0. The van der Waals surface area contributed by atoms with Crippen molar-refractivity contribution in [1.82, 2.24) is 10.6 Å². The van der Waals surface area contributed by atoms with Crippen molar-refractivity contribution in [3.8, 4) is 11.5 Å². The average Bonchev–Trinajstić information content (AvgIpc) is 3.22. The van der Waals surface area contributed by atoms with Gasteiger partial charge in [0.05, 0.1) is 20.1 Å². The van der Waals surface area contributed by atoms with Gasteiger partial charge in [0.1, 0.15) is 18.0 Å². The second kappa shape index (κ2) is 18.0. The molecule has 4 aromatic rings. The lowest BCUT2D eigenvalue weighted by molar-refractivity contribution is -0.138. The Kier molecular flexibility index (Phi) is 13.2. The van der Waals surface area contributed by atoms with Crippen LogP contribution in [0.4, 0.5) is 10.1 Å². The minimum Gasteiger partial charge on any atom is -0.492 e. The molecular weight excluding hydrogens is 645 g/mol. The molecule has 4 aromatic carbocycles. The number of anilines is 1. The van der Waals surface area contributed by atoms with Crippen molar-refractivity contribution in [2.45, 2.75) is 65.2 Å². The van der Waals surface area contributed by atoms with E-state index >= 15 is 0 Å². The number of para-hydroxylation sites is 2. The predicted octanol–water partition coefficient (Wildman–Crippen LogP) is 7.40.